The van der Waals surface area contributed by atoms with Crippen molar-refractivity contribution in [3.63, 3.8) is 0 Å². The third-order valence-corrected chi connectivity index (χ3v) is 5.28. The molecular formula is C21H31N5OS. The Labute approximate surface area is 171 Å². The summed E-state index contributed by atoms with van der Waals surface area (Å²) in [5, 5.41) is 10.6. The summed E-state index contributed by atoms with van der Waals surface area (Å²) in [6.07, 6.45) is 2.07. The molecule has 1 heterocycles. The van der Waals surface area contributed by atoms with Crippen molar-refractivity contribution in [3.8, 4) is 0 Å². The summed E-state index contributed by atoms with van der Waals surface area (Å²) < 4.78 is 0. The fourth-order valence-electron chi connectivity index (χ4n) is 2.66. The summed E-state index contributed by atoms with van der Waals surface area (Å²) in [5.74, 6) is 0.753. The molecule has 3 N–H and O–H groups in total. The second-order valence-electron chi connectivity index (χ2n) is 6.60. The maximum absolute atomic E-state index is 12.1. The van der Waals surface area contributed by atoms with E-state index in [0.717, 1.165) is 48.2 Å². The van der Waals surface area contributed by atoms with Crippen molar-refractivity contribution >= 4 is 23.2 Å². The molecule has 0 spiro atoms. The predicted molar refractivity (Wildman–Crippen MR) is 117 cm³/mol. The van der Waals surface area contributed by atoms with Gasteiger partial charge in [0.2, 0.25) is 0 Å². The monoisotopic (exact) mass is 401 g/mol. The quantitative estimate of drug-likeness (QED) is 0.341. The second kappa shape index (κ2) is 11.4. The zero-order valence-electron chi connectivity index (χ0n) is 17.3. The third kappa shape index (κ3) is 6.96. The minimum Gasteiger partial charge on any atom is -0.357 e. The predicted octanol–water partition coefficient (Wildman–Crippen LogP) is 3.55. The Balaban J connectivity index is 1.92. The Bertz CT molecular complexity index is 783. The van der Waals surface area contributed by atoms with Gasteiger partial charge in [-0.15, -0.1) is 11.3 Å². The zero-order chi connectivity index (χ0) is 20.4. The van der Waals surface area contributed by atoms with Crippen molar-refractivity contribution in [2.24, 2.45) is 4.99 Å². The van der Waals surface area contributed by atoms with E-state index in [2.05, 4.69) is 32.9 Å². The number of hydrogen-bond acceptors (Lipinski definition) is 4. The lowest BCUT2D eigenvalue weighted by molar-refractivity contribution is 0.0953. The molecule has 0 saturated carbocycles. The number of aryl methyl sites for hydroxylation is 2. The highest BCUT2D eigenvalue weighted by Crippen LogP contribution is 2.16. The van der Waals surface area contributed by atoms with E-state index in [-0.39, 0.29) is 5.91 Å². The SMILES string of the molecule is CCCCNC(=O)c1ccc(CN=C(NCC)NCc2sc(C)nc2C)cc1. The van der Waals surface area contributed by atoms with Crippen LogP contribution in [0.2, 0.25) is 0 Å². The molecule has 1 amide bonds. The number of hydrogen-bond donors (Lipinski definition) is 3. The Morgan fingerprint density at radius 3 is 2.46 bits per heavy atom. The number of rotatable bonds is 9. The van der Waals surface area contributed by atoms with Crippen LogP contribution in [0.1, 0.15) is 58.2 Å². The Kier molecular flexibility index (Phi) is 8.94. The van der Waals surface area contributed by atoms with E-state index in [9.17, 15) is 4.79 Å². The standard InChI is InChI=1S/C21H31N5OS/c1-5-7-12-23-20(27)18-10-8-17(9-11-18)13-24-21(22-6-2)25-14-19-15(3)26-16(4)28-19/h8-11H,5-7,12-14H2,1-4H3,(H,23,27)(H2,22,24,25). The molecule has 7 heteroatoms. The fraction of sp³-hybridized carbons (Fsp3) is 0.476. The van der Waals surface area contributed by atoms with E-state index in [4.69, 9.17) is 0 Å². The van der Waals surface area contributed by atoms with E-state index in [1.807, 2.05) is 45.0 Å². The normalized spacial score (nSPS) is 11.4. The van der Waals surface area contributed by atoms with Crippen molar-refractivity contribution in [1.82, 2.24) is 20.9 Å². The Morgan fingerprint density at radius 2 is 1.86 bits per heavy atom. The highest BCUT2D eigenvalue weighted by molar-refractivity contribution is 7.11. The molecule has 2 rings (SSSR count). The van der Waals surface area contributed by atoms with Crippen LogP contribution in [0.4, 0.5) is 0 Å². The zero-order valence-corrected chi connectivity index (χ0v) is 18.1. The number of carbonyl (C=O) groups excluding carboxylic acids is 1. The van der Waals surface area contributed by atoms with Crippen molar-refractivity contribution in [2.45, 2.75) is 53.6 Å². The molecule has 6 nitrogen and oxygen atoms in total. The number of unbranched alkanes of at least 4 members (excludes halogenated alkanes) is 1. The lowest BCUT2D eigenvalue weighted by Gasteiger charge is -2.11. The summed E-state index contributed by atoms with van der Waals surface area (Å²) in [5.41, 5.74) is 2.82. The maximum atomic E-state index is 12.1. The van der Waals surface area contributed by atoms with Crippen LogP contribution in [0.3, 0.4) is 0 Å². The van der Waals surface area contributed by atoms with Crippen LogP contribution in [-0.4, -0.2) is 29.9 Å². The number of aliphatic imine (C=N–C) groups is 1. The van der Waals surface area contributed by atoms with Crippen LogP contribution in [0.15, 0.2) is 29.3 Å². The lowest BCUT2D eigenvalue weighted by Crippen LogP contribution is -2.36. The van der Waals surface area contributed by atoms with Gasteiger partial charge in [-0.3, -0.25) is 4.79 Å². The van der Waals surface area contributed by atoms with Gasteiger partial charge in [0, 0.05) is 23.5 Å². The number of nitrogens with one attached hydrogen (secondary N) is 3. The first-order chi connectivity index (χ1) is 13.5. The highest BCUT2D eigenvalue weighted by Gasteiger charge is 2.07. The molecule has 0 radical (unpaired) electrons. The van der Waals surface area contributed by atoms with Crippen LogP contribution in [-0.2, 0) is 13.1 Å². The second-order valence-corrected chi connectivity index (χ2v) is 7.88. The van der Waals surface area contributed by atoms with Gasteiger partial charge in [0.25, 0.3) is 5.91 Å². The topological polar surface area (TPSA) is 78.4 Å². The van der Waals surface area contributed by atoms with Gasteiger partial charge >= 0.3 is 0 Å². The Morgan fingerprint density at radius 1 is 1.11 bits per heavy atom. The van der Waals surface area contributed by atoms with Crippen LogP contribution in [0, 0.1) is 13.8 Å². The molecule has 0 aliphatic heterocycles. The van der Waals surface area contributed by atoms with Crippen molar-refractivity contribution in [3.05, 3.63) is 51.0 Å². The molecular weight excluding hydrogens is 370 g/mol. The van der Waals surface area contributed by atoms with E-state index in [1.165, 1.54) is 4.88 Å². The summed E-state index contributed by atoms with van der Waals surface area (Å²) in [6, 6.07) is 7.63. The number of benzene rings is 1. The van der Waals surface area contributed by atoms with Gasteiger partial charge in [0.05, 0.1) is 23.8 Å². The number of amides is 1. The van der Waals surface area contributed by atoms with Gasteiger partial charge < -0.3 is 16.0 Å². The molecule has 0 aliphatic rings. The average molecular weight is 402 g/mol. The fourth-order valence-corrected chi connectivity index (χ4v) is 3.53. The molecule has 2 aromatic rings. The van der Waals surface area contributed by atoms with Gasteiger partial charge in [-0.05, 0) is 44.9 Å². The first-order valence-corrected chi connectivity index (χ1v) is 10.7. The summed E-state index contributed by atoms with van der Waals surface area (Å²) in [6.45, 7) is 11.0. The Hall–Kier alpha value is -2.41. The minimum absolute atomic E-state index is 0.0197. The molecule has 1 aromatic carbocycles. The van der Waals surface area contributed by atoms with Gasteiger partial charge in [0.15, 0.2) is 5.96 Å². The minimum atomic E-state index is -0.0197. The van der Waals surface area contributed by atoms with Gasteiger partial charge in [-0.1, -0.05) is 25.5 Å². The molecule has 0 aliphatic carbocycles. The molecule has 152 valence electrons. The molecule has 0 bridgehead atoms. The first-order valence-electron chi connectivity index (χ1n) is 9.85. The van der Waals surface area contributed by atoms with E-state index >= 15 is 0 Å². The van der Waals surface area contributed by atoms with E-state index < -0.39 is 0 Å². The number of nitrogens with zero attached hydrogens (tertiary/aromatic N) is 2. The van der Waals surface area contributed by atoms with Gasteiger partial charge in [-0.25, -0.2) is 9.98 Å². The summed E-state index contributed by atoms with van der Waals surface area (Å²) >= 11 is 1.71. The number of thiazole rings is 1. The molecule has 0 saturated heterocycles. The molecule has 0 unspecified atom stereocenters. The third-order valence-electron chi connectivity index (χ3n) is 4.21. The smallest absolute Gasteiger partial charge is 0.251 e. The van der Waals surface area contributed by atoms with Crippen molar-refractivity contribution in [2.75, 3.05) is 13.1 Å². The van der Waals surface area contributed by atoms with Crippen LogP contribution in [0.5, 0.6) is 0 Å². The van der Waals surface area contributed by atoms with Gasteiger partial charge in [-0.2, -0.15) is 0 Å². The van der Waals surface area contributed by atoms with Crippen LogP contribution < -0.4 is 16.0 Å². The lowest BCUT2D eigenvalue weighted by atomic mass is 10.1. The number of aromatic nitrogens is 1. The number of guanidine groups is 1. The van der Waals surface area contributed by atoms with E-state index in [0.29, 0.717) is 18.7 Å². The first kappa shape index (κ1) is 21.9. The molecule has 0 atom stereocenters. The molecule has 0 fully saturated rings. The molecule has 28 heavy (non-hydrogen) atoms. The average Bonchev–Trinajstić information content (AvgIpc) is 3.01. The van der Waals surface area contributed by atoms with Crippen molar-refractivity contribution in [1.29, 1.82) is 0 Å². The summed E-state index contributed by atoms with van der Waals surface area (Å²) in [4.78, 5) is 22.4. The van der Waals surface area contributed by atoms with Crippen LogP contribution in [0.25, 0.3) is 0 Å². The van der Waals surface area contributed by atoms with Crippen LogP contribution >= 0.6 is 11.3 Å². The molecule has 1 aromatic heterocycles. The van der Waals surface area contributed by atoms with Crippen molar-refractivity contribution < 1.29 is 4.79 Å². The van der Waals surface area contributed by atoms with Gasteiger partial charge in [0.1, 0.15) is 0 Å². The highest BCUT2D eigenvalue weighted by atomic mass is 32.1. The van der Waals surface area contributed by atoms with E-state index in [1.54, 1.807) is 11.3 Å². The maximum Gasteiger partial charge on any atom is 0.251 e. The largest absolute Gasteiger partial charge is 0.357 e. The summed E-state index contributed by atoms with van der Waals surface area (Å²) in [7, 11) is 0. The number of carbonyl (C=O) groups is 1.